The zero-order valence-electron chi connectivity index (χ0n) is 16.2. The number of hydrogen-bond acceptors (Lipinski definition) is 4. The number of nitrogens with zero attached hydrogens (tertiary/aromatic N) is 1. The number of aromatic amines is 1. The largest absolute Gasteiger partial charge is 0.338 e. The number of H-pyrrole nitrogens is 1. The van der Waals surface area contributed by atoms with E-state index in [1.807, 2.05) is 30.3 Å². The van der Waals surface area contributed by atoms with E-state index in [0.717, 1.165) is 48.0 Å². The van der Waals surface area contributed by atoms with Gasteiger partial charge in [-0.15, -0.1) is 0 Å². The lowest BCUT2D eigenvalue weighted by atomic mass is 9.99. The van der Waals surface area contributed by atoms with E-state index >= 15 is 0 Å². The molecule has 4 rings (SSSR count). The normalized spacial score (nSPS) is 15.1. The van der Waals surface area contributed by atoms with Crippen LogP contribution in [-0.2, 0) is 4.79 Å². The van der Waals surface area contributed by atoms with Crippen molar-refractivity contribution < 1.29 is 9.59 Å². The molecule has 0 bridgehead atoms. The number of amides is 2. The molecule has 2 amide bonds. The van der Waals surface area contributed by atoms with Gasteiger partial charge in [0.05, 0.1) is 11.0 Å². The molecule has 3 aromatic rings. The van der Waals surface area contributed by atoms with E-state index in [1.54, 1.807) is 12.1 Å². The maximum Gasteiger partial charge on any atom is 0.265 e. The van der Waals surface area contributed by atoms with Gasteiger partial charge >= 0.3 is 0 Å². The van der Waals surface area contributed by atoms with Gasteiger partial charge in [0.15, 0.2) is 0 Å². The van der Waals surface area contributed by atoms with Crippen LogP contribution in [0.25, 0.3) is 22.4 Å². The monoisotopic (exact) mass is 391 g/mol. The number of anilines is 1. The number of nitrogens with one attached hydrogen (secondary N) is 3. The van der Waals surface area contributed by atoms with Gasteiger partial charge in [-0.2, -0.15) is 0 Å². The quantitative estimate of drug-likeness (QED) is 0.235. The third kappa shape index (κ3) is 4.30. The second kappa shape index (κ2) is 8.45. The molecule has 1 fully saturated rings. The first kappa shape index (κ1) is 19.1. The molecule has 0 unspecified atom stereocenters. The molecule has 7 nitrogen and oxygen atoms in total. The number of nitrogen functional groups attached to an aromatic ring is 1. The molecule has 7 heteroatoms. The minimum atomic E-state index is -0.338. The molecule has 0 spiro atoms. The predicted molar refractivity (Wildman–Crippen MR) is 113 cm³/mol. The van der Waals surface area contributed by atoms with Crippen LogP contribution in [0.2, 0.25) is 0 Å². The van der Waals surface area contributed by atoms with E-state index in [9.17, 15) is 9.59 Å². The zero-order valence-corrected chi connectivity index (χ0v) is 16.2. The van der Waals surface area contributed by atoms with Crippen LogP contribution in [0.1, 0.15) is 48.9 Å². The molecular weight excluding hydrogens is 366 g/mol. The first-order chi connectivity index (χ1) is 14.1. The molecule has 1 heterocycles. The summed E-state index contributed by atoms with van der Waals surface area (Å²) in [4.78, 5) is 32.1. The number of benzene rings is 2. The van der Waals surface area contributed by atoms with E-state index < -0.39 is 0 Å². The zero-order chi connectivity index (χ0) is 20.2. The number of hydrogen-bond donors (Lipinski definition) is 4. The van der Waals surface area contributed by atoms with Crippen molar-refractivity contribution in [3.05, 3.63) is 48.0 Å². The molecule has 0 aliphatic heterocycles. The summed E-state index contributed by atoms with van der Waals surface area (Å²) in [7, 11) is 0. The van der Waals surface area contributed by atoms with Crippen molar-refractivity contribution >= 4 is 28.5 Å². The van der Waals surface area contributed by atoms with Gasteiger partial charge in [-0.25, -0.2) is 10.8 Å². The van der Waals surface area contributed by atoms with E-state index in [2.05, 4.69) is 20.7 Å². The van der Waals surface area contributed by atoms with Crippen LogP contribution < -0.4 is 16.6 Å². The predicted octanol–water partition coefficient (Wildman–Crippen LogP) is 3.74. The van der Waals surface area contributed by atoms with Gasteiger partial charge in [0, 0.05) is 22.7 Å². The molecule has 29 heavy (non-hydrogen) atoms. The Kier molecular flexibility index (Phi) is 5.57. The van der Waals surface area contributed by atoms with Crippen molar-refractivity contribution in [2.75, 3.05) is 5.32 Å². The molecule has 5 N–H and O–H groups in total. The Morgan fingerprint density at radius 1 is 1.00 bits per heavy atom. The average molecular weight is 391 g/mol. The highest BCUT2D eigenvalue weighted by molar-refractivity contribution is 5.95. The van der Waals surface area contributed by atoms with Gasteiger partial charge in [0.1, 0.15) is 5.82 Å². The third-order valence-electron chi connectivity index (χ3n) is 5.53. The average Bonchev–Trinajstić information content (AvgIpc) is 2.97. The molecule has 0 saturated heterocycles. The van der Waals surface area contributed by atoms with Gasteiger partial charge in [0.2, 0.25) is 5.91 Å². The van der Waals surface area contributed by atoms with E-state index in [0.29, 0.717) is 11.4 Å². The Bertz CT molecular complexity index is 1020. The highest BCUT2D eigenvalue weighted by Crippen LogP contribution is 2.26. The topological polar surface area (TPSA) is 113 Å². The maximum atomic E-state index is 12.6. The maximum absolute atomic E-state index is 12.6. The van der Waals surface area contributed by atoms with E-state index in [4.69, 9.17) is 5.84 Å². The molecule has 2 aromatic carbocycles. The second-order valence-corrected chi connectivity index (χ2v) is 7.55. The van der Waals surface area contributed by atoms with Crippen LogP contribution in [0.3, 0.4) is 0 Å². The van der Waals surface area contributed by atoms with Crippen LogP contribution in [0.5, 0.6) is 0 Å². The summed E-state index contributed by atoms with van der Waals surface area (Å²) < 4.78 is 0. The van der Waals surface area contributed by atoms with Crippen LogP contribution in [0.15, 0.2) is 42.5 Å². The van der Waals surface area contributed by atoms with Crippen LogP contribution in [0, 0.1) is 5.92 Å². The number of hydrazine groups is 1. The number of nitrogens with two attached hydrogens (primary N) is 1. The molecule has 150 valence electrons. The van der Waals surface area contributed by atoms with Crippen LogP contribution in [-0.4, -0.2) is 21.8 Å². The molecular formula is C22H25N5O2. The van der Waals surface area contributed by atoms with Crippen molar-refractivity contribution in [1.82, 2.24) is 15.4 Å². The lowest BCUT2D eigenvalue weighted by Gasteiger charge is -2.14. The van der Waals surface area contributed by atoms with Gasteiger partial charge in [-0.3, -0.25) is 15.0 Å². The number of fused-ring (bicyclic) bond motifs is 1. The smallest absolute Gasteiger partial charge is 0.265 e. The Balaban J connectivity index is 1.51. The number of carbonyl (C=O) groups is 2. The van der Waals surface area contributed by atoms with Gasteiger partial charge in [-0.05, 0) is 43.2 Å². The van der Waals surface area contributed by atoms with E-state index in [-0.39, 0.29) is 17.7 Å². The summed E-state index contributed by atoms with van der Waals surface area (Å²) in [5.74, 6) is 5.73. The number of rotatable bonds is 4. The van der Waals surface area contributed by atoms with Crippen molar-refractivity contribution in [2.24, 2.45) is 11.8 Å². The fourth-order valence-electron chi connectivity index (χ4n) is 3.87. The van der Waals surface area contributed by atoms with E-state index in [1.165, 1.54) is 12.8 Å². The molecule has 1 aliphatic rings. The number of imidazole rings is 1. The Morgan fingerprint density at radius 2 is 1.72 bits per heavy atom. The van der Waals surface area contributed by atoms with Crippen molar-refractivity contribution in [1.29, 1.82) is 0 Å². The molecule has 1 aliphatic carbocycles. The lowest BCUT2D eigenvalue weighted by Crippen LogP contribution is -2.29. The summed E-state index contributed by atoms with van der Waals surface area (Å²) in [6.45, 7) is 0. The summed E-state index contributed by atoms with van der Waals surface area (Å²) in [6, 6.07) is 12.7. The summed E-state index contributed by atoms with van der Waals surface area (Å²) in [5, 5.41) is 3.06. The molecule has 0 radical (unpaired) electrons. The standard InChI is InChI=1S/C22H25N5O2/c23-27-22(29)16-9-7-14(8-10-16)20-25-18-12-11-17(13-19(18)26-20)24-21(28)15-5-3-1-2-4-6-15/h7-13,15H,1-6,23H2,(H,24,28)(H,25,26)(H,27,29). The number of aromatic nitrogens is 2. The Labute approximate surface area is 169 Å². The van der Waals surface area contributed by atoms with Crippen LogP contribution >= 0.6 is 0 Å². The SMILES string of the molecule is NNC(=O)c1ccc(-c2nc3cc(NC(=O)C4CCCCCC4)ccc3[nH]2)cc1. The van der Waals surface area contributed by atoms with Gasteiger partial charge < -0.3 is 10.3 Å². The highest BCUT2D eigenvalue weighted by atomic mass is 16.2. The Hall–Kier alpha value is -3.19. The second-order valence-electron chi connectivity index (χ2n) is 7.55. The van der Waals surface area contributed by atoms with Crippen LogP contribution in [0.4, 0.5) is 5.69 Å². The minimum absolute atomic E-state index is 0.104. The summed E-state index contributed by atoms with van der Waals surface area (Å²) in [6.07, 6.45) is 6.65. The minimum Gasteiger partial charge on any atom is -0.338 e. The third-order valence-corrected chi connectivity index (χ3v) is 5.53. The van der Waals surface area contributed by atoms with Crippen molar-refractivity contribution in [3.63, 3.8) is 0 Å². The molecule has 0 atom stereocenters. The molecule has 1 aromatic heterocycles. The summed E-state index contributed by atoms with van der Waals surface area (Å²) in [5.41, 5.74) is 5.89. The molecule has 1 saturated carbocycles. The highest BCUT2D eigenvalue weighted by Gasteiger charge is 2.20. The fraction of sp³-hybridized carbons (Fsp3) is 0.318. The first-order valence-electron chi connectivity index (χ1n) is 10.1. The fourth-order valence-corrected chi connectivity index (χ4v) is 3.87. The number of carbonyl (C=O) groups excluding carboxylic acids is 2. The van der Waals surface area contributed by atoms with Crippen molar-refractivity contribution in [3.8, 4) is 11.4 Å². The van der Waals surface area contributed by atoms with Gasteiger partial charge in [-0.1, -0.05) is 37.8 Å². The lowest BCUT2D eigenvalue weighted by molar-refractivity contribution is -0.120. The first-order valence-corrected chi connectivity index (χ1v) is 10.1. The summed E-state index contributed by atoms with van der Waals surface area (Å²) >= 11 is 0. The van der Waals surface area contributed by atoms with Crippen molar-refractivity contribution in [2.45, 2.75) is 38.5 Å². The van der Waals surface area contributed by atoms with Gasteiger partial charge in [0.25, 0.3) is 5.91 Å². The Morgan fingerprint density at radius 3 is 2.41 bits per heavy atom.